The summed E-state index contributed by atoms with van der Waals surface area (Å²) < 4.78 is 0. The van der Waals surface area contributed by atoms with E-state index in [1.165, 1.54) is 56.8 Å². The van der Waals surface area contributed by atoms with E-state index >= 15 is 0 Å². The fraction of sp³-hybridized carbons (Fsp3) is 0.682. The molecule has 26 heavy (non-hydrogen) atoms. The zero-order valence-corrected chi connectivity index (χ0v) is 16.6. The van der Waals surface area contributed by atoms with E-state index in [0.717, 1.165) is 38.5 Å². The van der Waals surface area contributed by atoms with Crippen LogP contribution in [0.15, 0.2) is 23.8 Å². The Kier molecular flexibility index (Phi) is 15.6. The van der Waals surface area contributed by atoms with Crippen LogP contribution in [0.5, 0.6) is 0 Å². The highest BCUT2D eigenvalue weighted by molar-refractivity contribution is 6.17. The lowest BCUT2D eigenvalue weighted by atomic mass is 9.97. The van der Waals surface area contributed by atoms with E-state index in [2.05, 4.69) is 13.8 Å². The Hall–Kier alpha value is -1.71. The van der Waals surface area contributed by atoms with Gasteiger partial charge in [0.1, 0.15) is 0 Å². The third kappa shape index (κ3) is 14.6. The van der Waals surface area contributed by atoms with E-state index in [9.17, 15) is 14.4 Å². The lowest BCUT2D eigenvalue weighted by Crippen LogP contribution is -2.07. The van der Waals surface area contributed by atoms with Gasteiger partial charge in [0.2, 0.25) is 0 Å². The second-order valence-corrected chi connectivity index (χ2v) is 6.85. The van der Waals surface area contributed by atoms with E-state index in [1.807, 2.05) is 0 Å². The molecule has 0 atom stereocenters. The zero-order valence-electron chi connectivity index (χ0n) is 16.6. The fourth-order valence-corrected chi connectivity index (χ4v) is 2.73. The van der Waals surface area contributed by atoms with Gasteiger partial charge < -0.3 is 5.11 Å². The minimum absolute atomic E-state index is 0.0116. The number of allylic oxidation sites excluding steroid dienone is 4. The lowest BCUT2D eigenvalue weighted by Gasteiger charge is -2.06. The van der Waals surface area contributed by atoms with Gasteiger partial charge in [-0.2, -0.15) is 0 Å². The van der Waals surface area contributed by atoms with Crippen molar-refractivity contribution < 1.29 is 19.5 Å². The molecule has 0 radical (unpaired) electrons. The highest BCUT2D eigenvalue weighted by atomic mass is 16.4. The van der Waals surface area contributed by atoms with Gasteiger partial charge in [-0.3, -0.25) is 14.4 Å². The van der Waals surface area contributed by atoms with Gasteiger partial charge in [-0.1, -0.05) is 71.6 Å². The summed E-state index contributed by atoms with van der Waals surface area (Å²) >= 11 is 0. The predicted molar refractivity (Wildman–Crippen MR) is 106 cm³/mol. The average Bonchev–Trinajstić information content (AvgIpc) is 2.60. The first-order valence-corrected chi connectivity index (χ1v) is 10.2. The summed E-state index contributed by atoms with van der Waals surface area (Å²) in [5.41, 5.74) is 0.688. The number of hydrogen-bond donors (Lipinski definition) is 1. The molecular formula is C22H36O4. The monoisotopic (exact) mass is 364 g/mol. The summed E-state index contributed by atoms with van der Waals surface area (Å²) in [5, 5.41) is 8.14. The molecule has 148 valence electrons. The molecule has 1 rings (SSSR count). The second kappa shape index (κ2) is 16.7. The summed E-state index contributed by atoms with van der Waals surface area (Å²) in [5.74, 6) is -0.722. The van der Waals surface area contributed by atoms with Crippen molar-refractivity contribution in [1.29, 1.82) is 0 Å². The number of ketones is 2. The van der Waals surface area contributed by atoms with Crippen LogP contribution in [-0.4, -0.2) is 22.6 Å². The van der Waals surface area contributed by atoms with Crippen LogP contribution in [0.2, 0.25) is 0 Å². The summed E-state index contributed by atoms with van der Waals surface area (Å²) in [4.78, 5) is 32.5. The number of rotatable bonds is 13. The van der Waals surface area contributed by atoms with Crippen molar-refractivity contribution in [2.45, 2.75) is 97.3 Å². The summed E-state index contributed by atoms with van der Waals surface area (Å²) in [6.45, 7) is 4.28. The maximum Gasteiger partial charge on any atom is 0.303 e. The first kappa shape index (κ1) is 24.3. The highest BCUT2D eigenvalue weighted by Gasteiger charge is 2.12. The molecule has 1 aliphatic rings. The van der Waals surface area contributed by atoms with Gasteiger partial charge in [-0.05, 0) is 37.5 Å². The van der Waals surface area contributed by atoms with Gasteiger partial charge in [-0.15, -0.1) is 0 Å². The Morgan fingerprint density at radius 3 is 1.92 bits per heavy atom. The zero-order chi connectivity index (χ0) is 19.6. The van der Waals surface area contributed by atoms with Gasteiger partial charge >= 0.3 is 5.97 Å². The van der Waals surface area contributed by atoms with Gasteiger partial charge in [0.15, 0.2) is 11.6 Å². The van der Waals surface area contributed by atoms with Gasteiger partial charge in [-0.25, -0.2) is 0 Å². The molecule has 0 aromatic carbocycles. The molecule has 0 saturated carbocycles. The summed E-state index contributed by atoms with van der Waals surface area (Å²) in [6.07, 6.45) is 18.3. The average molecular weight is 365 g/mol. The lowest BCUT2D eigenvalue weighted by molar-refractivity contribution is -0.137. The fourth-order valence-electron chi connectivity index (χ4n) is 2.73. The van der Waals surface area contributed by atoms with Gasteiger partial charge in [0.05, 0.1) is 0 Å². The van der Waals surface area contributed by atoms with Crippen LogP contribution in [-0.2, 0) is 14.4 Å². The third-order valence-electron chi connectivity index (χ3n) is 4.33. The SMILES string of the molecule is CCCCCC(=O)O.CCCCCCCCCCC1=CC(=O)C=CC1=O. The van der Waals surface area contributed by atoms with Crippen molar-refractivity contribution in [2.24, 2.45) is 0 Å². The number of aliphatic carboxylic acids is 1. The van der Waals surface area contributed by atoms with Crippen molar-refractivity contribution in [1.82, 2.24) is 0 Å². The van der Waals surface area contributed by atoms with Crippen LogP contribution in [0.4, 0.5) is 0 Å². The van der Waals surface area contributed by atoms with Crippen molar-refractivity contribution >= 4 is 17.5 Å². The Morgan fingerprint density at radius 2 is 1.35 bits per heavy atom. The van der Waals surface area contributed by atoms with Crippen LogP contribution in [0.25, 0.3) is 0 Å². The van der Waals surface area contributed by atoms with Gasteiger partial charge in [0.25, 0.3) is 0 Å². The summed E-state index contributed by atoms with van der Waals surface area (Å²) in [6, 6.07) is 0. The van der Waals surface area contributed by atoms with Crippen molar-refractivity contribution in [3.05, 3.63) is 23.8 Å². The molecule has 0 spiro atoms. The quantitative estimate of drug-likeness (QED) is 0.331. The normalized spacial score (nSPS) is 13.2. The van der Waals surface area contributed by atoms with Crippen LogP contribution >= 0.6 is 0 Å². The van der Waals surface area contributed by atoms with Crippen molar-refractivity contribution in [2.75, 3.05) is 0 Å². The van der Waals surface area contributed by atoms with Crippen molar-refractivity contribution in [3.8, 4) is 0 Å². The standard InChI is InChI=1S/C16H24O2.C6H12O2/c1-2-3-4-5-6-7-8-9-10-14-13-15(17)11-12-16(14)18;1-2-3-4-5-6(7)8/h11-13H,2-10H2,1H3;2-5H2,1H3,(H,7,8). The van der Waals surface area contributed by atoms with Crippen LogP contribution in [0, 0.1) is 0 Å². The molecule has 0 bridgehead atoms. The molecule has 4 heteroatoms. The predicted octanol–water partition coefficient (Wildman–Crippen LogP) is 5.80. The first-order chi connectivity index (χ1) is 12.5. The Balaban J connectivity index is 0.000000660. The Morgan fingerprint density at radius 1 is 0.808 bits per heavy atom. The molecule has 0 heterocycles. The maximum atomic E-state index is 11.5. The molecule has 0 aromatic rings. The Labute approximate surface area is 158 Å². The molecule has 0 amide bonds. The number of unbranched alkanes of at least 4 members (excludes halogenated alkanes) is 9. The van der Waals surface area contributed by atoms with Crippen molar-refractivity contribution in [3.63, 3.8) is 0 Å². The topological polar surface area (TPSA) is 71.4 Å². The number of carboxylic acid groups (broad SMARTS) is 1. The number of carbonyl (C=O) groups is 3. The van der Waals surface area contributed by atoms with Crippen LogP contribution in [0.3, 0.4) is 0 Å². The van der Waals surface area contributed by atoms with E-state index in [4.69, 9.17) is 5.11 Å². The van der Waals surface area contributed by atoms with Gasteiger partial charge in [0, 0.05) is 12.0 Å². The number of carbonyl (C=O) groups excluding carboxylic acids is 2. The van der Waals surface area contributed by atoms with E-state index in [0.29, 0.717) is 12.0 Å². The van der Waals surface area contributed by atoms with E-state index in [1.54, 1.807) is 0 Å². The van der Waals surface area contributed by atoms with E-state index < -0.39 is 5.97 Å². The summed E-state index contributed by atoms with van der Waals surface area (Å²) in [7, 11) is 0. The molecule has 1 aliphatic carbocycles. The van der Waals surface area contributed by atoms with Crippen LogP contribution < -0.4 is 0 Å². The minimum Gasteiger partial charge on any atom is -0.481 e. The molecular weight excluding hydrogens is 328 g/mol. The van der Waals surface area contributed by atoms with Crippen LogP contribution in [0.1, 0.15) is 97.3 Å². The molecule has 4 nitrogen and oxygen atoms in total. The molecule has 0 aliphatic heterocycles. The first-order valence-electron chi connectivity index (χ1n) is 10.2. The maximum absolute atomic E-state index is 11.5. The number of carboxylic acids is 1. The second-order valence-electron chi connectivity index (χ2n) is 6.85. The molecule has 0 aromatic heterocycles. The highest BCUT2D eigenvalue weighted by Crippen LogP contribution is 2.15. The number of hydrogen-bond acceptors (Lipinski definition) is 3. The molecule has 0 unspecified atom stereocenters. The smallest absolute Gasteiger partial charge is 0.303 e. The third-order valence-corrected chi connectivity index (χ3v) is 4.33. The largest absolute Gasteiger partial charge is 0.481 e. The Bertz CT molecular complexity index is 475. The minimum atomic E-state index is -0.682. The molecule has 1 N–H and O–H groups in total. The molecule has 0 fully saturated rings. The molecule has 0 saturated heterocycles. The van der Waals surface area contributed by atoms with E-state index in [-0.39, 0.29) is 11.6 Å².